The van der Waals surface area contributed by atoms with Crippen LogP contribution in [0.3, 0.4) is 0 Å². The van der Waals surface area contributed by atoms with E-state index in [9.17, 15) is 14.4 Å². The van der Waals surface area contributed by atoms with Crippen molar-refractivity contribution in [2.45, 2.75) is 290 Å². The number of unbranched alkanes of at least 4 members (excludes halogenated alkanes) is 33. The summed E-state index contributed by atoms with van der Waals surface area (Å²) in [5, 5.41) is 0. The highest BCUT2D eigenvalue weighted by Crippen LogP contribution is 2.16. The Bertz CT molecular complexity index is 973. The Hall–Kier alpha value is -2.11. The number of hydrogen-bond acceptors (Lipinski definition) is 6. The fraction of sp³-hybridized carbons (Fsp3) is 0.870. The second-order valence-electron chi connectivity index (χ2n) is 17.8. The van der Waals surface area contributed by atoms with E-state index in [1.165, 1.54) is 173 Å². The van der Waals surface area contributed by atoms with Gasteiger partial charge in [0.25, 0.3) is 0 Å². The lowest BCUT2D eigenvalue weighted by molar-refractivity contribution is -0.167. The molecule has 0 saturated heterocycles. The minimum absolute atomic E-state index is 0.0679. The summed E-state index contributed by atoms with van der Waals surface area (Å²) in [4.78, 5) is 37.6. The molecule has 0 radical (unpaired) electrons. The monoisotopic (exact) mass is 845 g/mol. The van der Waals surface area contributed by atoms with Crippen molar-refractivity contribution in [3.8, 4) is 0 Å². The summed E-state index contributed by atoms with van der Waals surface area (Å²) >= 11 is 0. The highest BCUT2D eigenvalue weighted by Gasteiger charge is 2.19. The van der Waals surface area contributed by atoms with Crippen LogP contribution in [0.15, 0.2) is 24.3 Å². The zero-order chi connectivity index (χ0) is 43.7. The minimum Gasteiger partial charge on any atom is -0.462 e. The third kappa shape index (κ3) is 46.9. The van der Waals surface area contributed by atoms with Gasteiger partial charge in [0.2, 0.25) is 0 Å². The van der Waals surface area contributed by atoms with Gasteiger partial charge in [-0.25, -0.2) is 0 Å². The fourth-order valence-electron chi connectivity index (χ4n) is 7.71. The Morgan fingerprint density at radius 3 is 0.917 bits per heavy atom. The van der Waals surface area contributed by atoms with Crippen molar-refractivity contribution in [1.82, 2.24) is 0 Å². The summed E-state index contributed by atoms with van der Waals surface area (Å²) in [5.41, 5.74) is 0. The van der Waals surface area contributed by atoms with Gasteiger partial charge in [-0.2, -0.15) is 0 Å². The first kappa shape index (κ1) is 57.9. The molecule has 6 heteroatoms. The molecular weight excluding hydrogens is 745 g/mol. The molecule has 1 unspecified atom stereocenters. The zero-order valence-corrected chi connectivity index (χ0v) is 40.2. The second kappa shape index (κ2) is 49.5. The Morgan fingerprint density at radius 1 is 0.333 bits per heavy atom. The van der Waals surface area contributed by atoms with Crippen molar-refractivity contribution < 1.29 is 28.6 Å². The molecule has 1 atom stereocenters. The molecule has 0 N–H and O–H groups in total. The van der Waals surface area contributed by atoms with E-state index in [0.717, 1.165) is 70.6 Å². The van der Waals surface area contributed by atoms with Crippen LogP contribution in [0.25, 0.3) is 0 Å². The van der Waals surface area contributed by atoms with E-state index in [1.807, 2.05) is 0 Å². The predicted molar refractivity (Wildman–Crippen MR) is 256 cm³/mol. The summed E-state index contributed by atoms with van der Waals surface area (Å²) in [7, 11) is 0. The average molecular weight is 845 g/mol. The van der Waals surface area contributed by atoms with Gasteiger partial charge in [0.1, 0.15) is 13.2 Å². The van der Waals surface area contributed by atoms with Crippen molar-refractivity contribution >= 4 is 17.9 Å². The van der Waals surface area contributed by atoms with Crippen LogP contribution in [0.2, 0.25) is 0 Å². The maximum absolute atomic E-state index is 12.7. The highest BCUT2D eigenvalue weighted by molar-refractivity contribution is 5.71. The third-order valence-corrected chi connectivity index (χ3v) is 11.7. The summed E-state index contributed by atoms with van der Waals surface area (Å²) in [6.07, 6.45) is 56.4. The van der Waals surface area contributed by atoms with E-state index < -0.39 is 6.10 Å². The van der Waals surface area contributed by atoms with Crippen molar-refractivity contribution in [3.63, 3.8) is 0 Å². The summed E-state index contributed by atoms with van der Waals surface area (Å²) in [6.45, 7) is 6.56. The van der Waals surface area contributed by atoms with Gasteiger partial charge < -0.3 is 14.2 Å². The van der Waals surface area contributed by atoms with Crippen molar-refractivity contribution in [2.75, 3.05) is 13.2 Å². The van der Waals surface area contributed by atoms with Crippen molar-refractivity contribution in [3.05, 3.63) is 24.3 Å². The quantitative estimate of drug-likeness (QED) is 0.0263. The smallest absolute Gasteiger partial charge is 0.306 e. The molecule has 0 fully saturated rings. The van der Waals surface area contributed by atoms with Crippen molar-refractivity contribution in [1.29, 1.82) is 0 Å². The molecule has 0 aromatic heterocycles. The first-order chi connectivity index (χ1) is 29.5. The van der Waals surface area contributed by atoms with E-state index in [1.54, 1.807) is 0 Å². The molecule has 0 spiro atoms. The van der Waals surface area contributed by atoms with Gasteiger partial charge in [0.15, 0.2) is 6.10 Å². The highest BCUT2D eigenvalue weighted by atomic mass is 16.6. The molecule has 0 aromatic rings. The summed E-state index contributed by atoms with van der Waals surface area (Å²) in [5.74, 6) is -0.871. The van der Waals surface area contributed by atoms with Crippen LogP contribution in [-0.2, 0) is 28.6 Å². The number of rotatable bonds is 48. The van der Waals surface area contributed by atoms with E-state index in [2.05, 4.69) is 45.1 Å². The van der Waals surface area contributed by atoms with Gasteiger partial charge in [0.05, 0.1) is 0 Å². The van der Waals surface area contributed by atoms with E-state index in [0.29, 0.717) is 19.3 Å². The van der Waals surface area contributed by atoms with E-state index in [-0.39, 0.29) is 31.1 Å². The number of hydrogen-bond donors (Lipinski definition) is 0. The maximum atomic E-state index is 12.7. The molecule has 0 bridgehead atoms. The Morgan fingerprint density at radius 2 is 0.600 bits per heavy atom. The number of allylic oxidation sites excluding steroid dienone is 4. The van der Waals surface area contributed by atoms with Gasteiger partial charge >= 0.3 is 17.9 Å². The van der Waals surface area contributed by atoms with Crippen LogP contribution in [-0.4, -0.2) is 37.2 Å². The summed E-state index contributed by atoms with van der Waals surface area (Å²) < 4.78 is 16.7. The number of carbonyl (C=O) groups excluding carboxylic acids is 3. The third-order valence-electron chi connectivity index (χ3n) is 11.7. The van der Waals surface area contributed by atoms with E-state index >= 15 is 0 Å². The summed E-state index contributed by atoms with van der Waals surface area (Å²) in [6, 6.07) is 0. The lowest BCUT2D eigenvalue weighted by Crippen LogP contribution is -2.30. The Labute approximate surface area is 373 Å². The normalized spacial score (nSPS) is 12.1. The second-order valence-corrected chi connectivity index (χ2v) is 17.8. The van der Waals surface area contributed by atoms with Crippen LogP contribution < -0.4 is 0 Å². The molecule has 0 saturated carbocycles. The maximum Gasteiger partial charge on any atom is 0.306 e. The molecule has 0 amide bonds. The SMILES string of the molecule is CCCCCCC/C=C\C/C=C\CCCCCCCCCCCCCCCC(=O)OCC(COC(=O)CCCCCCC)OC(=O)CCCCCCCCCCCCCC. The minimum atomic E-state index is -0.762. The molecule has 6 nitrogen and oxygen atoms in total. The molecule has 0 aliphatic rings. The molecule has 352 valence electrons. The molecule has 0 aromatic carbocycles. The zero-order valence-electron chi connectivity index (χ0n) is 40.2. The Balaban J connectivity index is 4.01. The largest absolute Gasteiger partial charge is 0.462 e. The topological polar surface area (TPSA) is 78.9 Å². The van der Waals surface area contributed by atoms with Crippen molar-refractivity contribution in [2.24, 2.45) is 0 Å². The number of esters is 3. The lowest BCUT2D eigenvalue weighted by Gasteiger charge is -2.18. The average Bonchev–Trinajstić information content (AvgIpc) is 3.24. The van der Waals surface area contributed by atoms with Crippen LogP contribution in [0.1, 0.15) is 284 Å². The molecule has 0 rings (SSSR count). The van der Waals surface area contributed by atoms with Gasteiger partial charge in [-0.1, -0.05) is 238 Å². The fourth-order valence-corrected chi connectivity index (χ4v) is 7.71. The van der Waals surface area contributed by atoms with E-state index in [4.69, 9.17) is 14.2 Å². The van der Waals surface area contributed by atoms with Gasteiger partial charge in [0, 0.05) is 19.3 Å². The molecule has 60 heavy (non-hydrogen) atoms. The standard InChI is InChI=1S/C54H100O6/c1-4-7-10-13-15-17-19-21-22-23-24-25-26-27-28-29-30-31-32-33-35-36-38-41-44-47-53(56)59-50-51(49-58-52(55)46-43-40-12-9-6-3)60-54(57)48-45-42-39-37-34-20-18-16-14-11-8-5-2/h19,21,23-24,51H,4-18,20,22,25-50H2,1-3H3/b21-19-,24-23-. The molecule has 0 heterocycles. The number of carbonyl (C=O) groups is 3. The van der Waals surface area contributed by atoms with Gasteiger partial charge in [-0.05, 0) is 51.4 Å². The van der Waals surface area contributed by atoms with Crippen LogP contribution in [0.5, 0.6) is 0 Å². The van der Waals surface area contributed by atoms with Crippen LogP contribution in [0, 0.1) is 0 Å². The lowest BCUT2D eigenvalue weighted by atomic mass is 10.0. The van der Waals surface area contributed by atoms with Crippen LogP contribution in [0.4, 0.5) is 0 Å². The first-order valence-corrected chi connectivity index (χ1v) is 26.3. The molecule has 0 aliphatic heterocycles. The van der Waals surface area contributed by atoms with Gasteiger partial charge in [-0.3, -0.25) is 14.4 Å². The van der Waals surface area contributed by atoms with Gasteiger partial charge in [-0.15, -0.1) is 0 Å². The number of ether oxygens (including phenoxy) is 3. The Kier molecular flexibility index (Phi) is 47.8. The predicted octanol–water partition coefficient (Wildman–Crippen LogP) is 17.2. The van der Waals surface area contributed by atoms with Crippen LogP contribution >= 0.6 is 0 Å². The molecular formula is C54H100O6. The molecule has 0 aliphatic carbocycles. The first-order valence-electron chi connectivity index (χ1n) is 26.3.